The molecule has 1 aliphatic heterocycles. The Kier molecular flexibility index (Phi) is 4.16. The van der Waals surface area contributed by atoms with E-state index in [1.165, 1.54) is 0 Å². The van der Waals surface area contributed by atoms with Crippen LogP contribution in [0.2, 0.25) is 0 Å². The Morgan fingerprint density at radius 3 is 2.88 bits per heavy atom. The maximum Gasteiger partial charge on any atom is 0.335 e. The number of carbonyl (C=O) groups is 2. The van der Waals surface area contributed by atoms with E-state index in [0.29, 0.717) is 30.3 Å². The minimum absolute atomic E-state index is 0.0516. The van der Waals surface area contributed by atoms with Gasteiger partial charge in [0.25, 0.3) is 5.91 Å². The smallest absolute Gasteiger partial charge is 0.335 e. The third-order valence-corrected chi connectivity index (χ3v) is 4.94. The number of nitrogens with one attached hydrogen (secondary N) is 1. The van der Waals surface area contributed by atoms with Crippen molar-refractivity contribution in [2.24, 2.45) is 5.92 Å². The highest BCUT2D eigenvalue weighted by molar-refractivity contribution is 6.04. The molecular formula is C20H19N3O3. The molecule has 132 valence electrons. The molecule has 2 N–H and O–H groups in total. The predicted octanol–water partition coefficient (Wildman–Crippen LogP) is 2.97. The molecule has 0 bridgehead atoms. The van der Waals surface area contributed by atoms with Crippen LogP contribution < -0.4 is 0 Å². The third-order valence-electron chi connectivity index (χ3n) is 4.94. The summed E-state index contributed by atoms with van der Waals surface area (Å²) in [5.74, 6) is -0.641. The summed E-state index contributed by atoms with van der Waals surface area (Å²) >= 11 is 0. The maximum atomic E-state index is 12.8. The SMILES string of the molecule is O=C(O)c1cccc(CC2CCN(C(=O)c3n[nH]c4ccccc34)C2)c1. The quantitative estimate of drug-likeness (QED) is 0.758. The number of carboxylic acids is 1. The lowest BCUT2D eigenvalue weighted by Gasteiger charge is -2.15. The fourth-order valence-electron chi connectivity index (χ4n) is 3.62. The largest absolute Gasteiger partial charge is 0.478 e. The molecule has 1 fully saturated rings. The number of para-hydroxylation sites is 1. The van der Waals surface area contributed by atoms with Crippen molar-refractivity contribution in [3.05, 3.63) is 65.4 Å². The van der Waals surface area contributed by atoms with E-state index in [4.69, 9.17) is 5.11 Å². The fourth-order valence-corrected chi connectivity index (χ4v) is 3.62. The first-order chi connectivity index (χ1) is 12.6. The first kappa shape index (κ1) is 16.3. The molecule has 1 saturated heterocycles. The number of amides is 1. The summed E-state index contributed by atoms with van der Waals surface area (Å²) in [6, 6.07) is 14.6. The molecule has 26 heavy (non-hydrogen) atoms. The molecule has 6 nitrogen and oxygen atoms in total. The summed E-state index contributed by atoms with van der Waals surface area (Å²) in [6.45, 7) is 1.36. The molecule has 1 unspecified atom stereocenters. The predicted molar refractivity (Wildman–Crippen MR) is 97.2 cm³/mol. The lowest BCUT2D eigenvalue weighted by atomic mass is 9.97. The molecular weight excluding hydrogens is 330 g/mol. The molecule has 1 atom stereocenters. The van der Waals surface area contributed by atoms with Gasteiger partial charge >= 0.3 is 5.97 Å². The van der Waals surface area contributed by atoms with Gasteiger partial charge in [0.2, 0.25) is 0 Å². The summed E-state index contributed by atoms with van der Waals surface area (Å²) in [5.41, 5.74) is 2.62. The number of aromatic carboxylic acids is 1. The number of H-pyrrole nitrogens is 1. The summed E-state index contributed by atoms with van der Waals surface area (Å²) in [6.07, 6.45) is 1.68. The number of rotatable bonds is 4. The number of fused-ring (bicyclic) bond motifs is 1. The Morgan fingerprint density at radius 2 is 2.04 bits per heavy atom. The number of carboxylic acid groups (broad SMARTS) is 1. The normalized spacial score (nSPS) is 16.9. The monoisotopic (exact) mass is 349 g/mol. The van der Waals surface area contributed by atoms with Crippen LogP contribution in [-0.4, -0.2) is 45.2 Å². The molecule has 2 aromatic carbocycles. The number of hydrogen-bond donors (Lipinski definition) is 2. The molecule has 0 radical (unpaired) electrons. The number of aromatic nitrogens is 2. The van der Waals surface area contributed by atoms with E-state index in [9.17, 15) is 9.59 Å². The van der Waals surface area contributed by atoms with Gasteiger partial charge in [-0.05, 0) is 42.5 Å². The van der Waals surface area contributed by atoms with E-state index < -0.39 is 5.97 Å². The Hall–Kier alpha value is -3.15. The molecule has 1 aliphatic rings. The van der Waals surface area contributed by atoms with Crippen molar-refractivity contribution in [1.29, 1.82) is 0 Å². The standard InChI is InChI=1S/C20H19N3O3/c24-19(18-16-6-1-2-7-17(16)21-22-18)23-9-8-14(12-23)10-13-4-3-5-15(11-13)20(25)26/h1-7,11,14H,8-10,12H2,(H,21,22)(H,25,26). The zero-order chi connectivity index (χ0) is 18.1. The van der Waals surface area contributed by atoms with Crippen molar-refractivity contribution >= 4 is 22.8 Å². The first-order valence-electron chi connectivity index (χ1n) is 8.66. The summed E-state index contributed by atoms with van der Waals surface area (Å²) in [4.78, 5) is 25.8. The minimum Gasteiger partial charge on any atom is -0.478 e. The van der Waals surface area contributed by atoms with Crippen molar-refractivity contribution in [1.82, 2.24) is 15.1 Å². The van der Waals surface area contributed by atoms with Crippen LogP contribution in [0, 0.1) is 5.92 Å². The van der Waals surface area contributed by atoms with Gasteiger partial charge in [0, 0.05) is 18.5 Å². The number of likely N-dealkylation sites (tertiary alicyclic amines) is 1. The fraction of sp³-hybridized carbons (Fsp3) is 0.250. The van der Waals surface area contributed by atoms with Crippen LogP contribution in [0.3, 0.4) is 0 Å². The van der Waals surface area contributed by atoms with Crippen LogP contribution in [0.15, 0.2) is 48.5 Å². The molecule has 3 aromatic rings. The lowest BCUT2D eigenvalue weighted by molar-refractivity contribution is 0.0696. The first-order valence-corrected chi connectivity index (χ1v) is 8.66. The van der Waals surface area contributed by atoms with E-state index in [-0.39, 0.29) is 5.91 Å². The Bertz CT molecular complexity index is 979. The number of hydrogen-bond acceptors (Lipinski definition) is 3. The second kappa shape index (κ2) is 6.63. The van der Waals surface area contributed by atoms with Gasteiger partial charge in [0.1, 0.15) is 0 Å². The number of carbonyl (C=O) groups excluding carboxylic acids is 1. The molecule has 1 aromatic heterocycles. The van der Waals surface area contributed by atoms with Gasteiger partial charge in [0.05, 0.1) is 11.1 Å². The second-order valence-electron chi connectivity index (χ2n) is 6.73. The number of aromatic amines is 1. The van der Waals surface area contributed by atoms with Gasteiger partial charge in [-0.25, -0.2) is 4.79 Å². The van der Waals surface area contributed by atoms with Gasteiger partial charge in [-0.2, -0.15) is 5.10 Å². The molecule has 6 heteroatoms. The van der Waals surface area contributed by atoms with Gasteiger partial charge in [-0.15, -0.1) is 0 Å². The molecule has 1 amide bonds. The van der Waals surface area contributed by atoms with Crippen LogP contribution in [-0.2, 0) is 6.42 Å². The van der Waals surface area contributed by atoms with Crippen molar-refractivity contribution in [3.63, 3.8) is 0 Å². The van der Waals surface area contributed by atoms with E-state index in [0.717, 1.165) is 29.3 Å². The Labute approximate surface area is 150 Å². The average molecular weight is 349 g/mol. The highest BCUT2D eigenvalue weighted by Crippen LogP contribution is 2.24. The van der Waals surface area contributed by atoms with Crippen molar-refractivity contribution in [2.45, 2.75) is 12.8 Å². The average Bonchev–Trinajstić information content (AvgIpc) is 3.28. The van der Waals surface area contributed by atoms with E-state index in [1.807, 2.05) is 35.2 Å². The number of nitrogens with zero attached hydrogens (tertiary/aromatic N) is 2. The molecule has 0 spiro atoms. The van der Waals surface area contributed by atoms with E-state index in [2.05, 4.69) is 10.2 Å². The van der Waals surface area contributed by atoms with Crippen LogP contribution in [0.5, 0.6) is 0 Å². The molecule has 0 saturated carbocycles. The van der Waals surface area contributed by atoms with Gasteiger partial charge in [-0.3, -0.25) is 9.89 Å². The molecule has 2 heterocycles. The van der Waals surface area contributed by atoms with Gasteiger partial charge in [-0.1, -0.05) is 30.3 Å². The van der Waals surface area contributed by atoms with E-state index in [1.54, 1.807) is 18.2 Å². The van der Waals surface area contributed by atoms with Crippen LogP contribution in [0.4, 0.5) is 0 Å². The summed E-state index contributed by atoms with van der Waals surface area (Å²) in [5, 5.41) is 17.1. The minimum atomic E-state index is -0.916. The highest BCUT2D eigenvalue weighted by Gasteiger charge is 2.29. The van der Waals surface area contributed by atoms with Crippen LogP contribution in [0.1, 0.15) is 32.8 Å². The van der Waals surface area contributed by atoms with Crippen molar-refractivity contribution < 1.29 is 14.7 Å². The van der Waals surface area contributed by atoms with Crippen molar-refractivity contribution in [2.75, 3.05) is 13.1 Å². The number of benzene rings is 2. The lowest BCUT2D eigenvalue weighted by Crippen LogP contribution is -2.29. The summed E-state index contributed by atoms with van der Waals surface area (Å²) < 4.78 is 0. The van der Waals surface area contributed by atoms with Crippen LogP contribution in [0.25, 0.3) is 10.9 Å². The van der Waals surface area contributed by atoms with Crippen molar-refractivity contribution in [3.8, 4) is 0 Å². The molecule has 4 rings (SSSR count). The Morgan fingerprint density at radius 1 is 1.19 bits per heavy atom. The van der Waals surface area contributed by atoms with Gasteiger partial charge < -0.3 is 10.0 Å². The van der Waals surface area contributed by atoms with E-state index >= 15 is 0 Å². The zero-order valence-corrected chi connectivity index (χ0v) is 14.2. The topological polar surface area (TPSA) is 86.3 Å². The maximum absolute atomic E-state index is 12.8. The Balaban J connectivity index is 1.46. The molecule has 0 aliphatic carbocycles. The van der Waals surface area contributed by atoms with Gasteiger partial charge in [0.15, 0.2) is 5.69 Å². The third kappa shape index (κ3) is 3.06. The summed E-state index contributed by atoms with van der Waals surface area (Å²) in [7, 11) is 0. The second-order valence-corrected chi connectivity index (χ2v) is 6.73. The highest BCUT2D eigenvalue weighted by atomic mass is 16.4. The van der Waals surface area contributed by atoms with Crippen LogP contribution >= 0.6 is 0 Å². The zero-order valence-electron chi connectivity index (χ0n) is 14.2.